The van der Waals surface area contributed by atoms with Crippen molar-refractivity contribution in [3.63, 3.8) is 0 Å². The molecule has 6 nitrogen and oxygen atoms in total. The van der Waals surface area contributed by atoms with Crippen LogP contribution in [0.3, 0.4) is 0 Å². The first kappa shape index (κ1) is 14.1. The summed E-state index contributed by atoms with van der Waals surface area (Å²) in [7, 11) is 0. The number of hydrogen-bond acceptors (Lipinski definition) is 4. The Morgan fingerprint density at radius 3 is 2.59 bits per heavy atom. The van der Waals surface area contributed by atoms with E-state index in [1.165, 1.54) is 24.3 Å². The number of anilines is 1. The van der Waals surface area contributed by atoms with E-state index in [0.29, 0.717) is 23.5 Å². The highest BCUT2D eigenvalue weighted by atomic mass is 16.6. The van der Waals surface area contributed by atoms with Crippen LogP contribution in [0.15, 0.2) is 48.5 Å². The van der Waals surface area contributed by atoms with Gasteiger partial charge in [-0.1, -0.05) is 12.1 Å². The number of amides is 1. The first-order chi connectivity index (χ1) is 10.6. The van der Waals surface area contributed by atoms with Gasteiger partial charge in [-0.15, -0.1) is 0 Å². The van der Waals surface area contributed by atoms with Gasteiger partial charge in [-0.3, -0.25) is 14.9 Å². The number of carbonyl (C=O) groups excluding carboxylic acids is 1. The van der Waals surface area contributed by atoms with Crippen LogP contribution in [0.5, 0.6) is 5.75 Å². The Labute approximate surface area is 127 Å². The zero-order chi connectivity index (χ0) is 15.7. The number of rotatable bonds is 2. The molecule has 0 saturated carbocycles. The van der Waals surface area contributed by atoms with Gasteiger partial charge in [0, 0.05) is 17.7 Å². The van der Waals surface area contributed by atoms with Gasteiger partial charge in [0.15, 0.2) is 0 Å². The molecule has 2 aromatic carbocycles. The van der Waals surface area contributed by atoms with Gasteiger partial charge < -0.3 is 9.64 Å². The second kappa shape index (κ2) is 5.48. The van der Waals surface area contributed by atoms with Crippen molar-refractivity contribution in [2.24, 2.45) is 0 Å². The van der Waals surface area contributed by atoms with Gasteiger partial charge in [-0.2, -0.15) is 0 Å². The molecule has 0 spiro atoms. The van der Waals surface area contributed by atoms with Crippen LogP contribution >= 0.6 is 0 Å². The van der Waals surface area contributed by atoms with Crippen LogP contribution in [0.25, 0.3) is 0 Å². The molecule has 2 aromatic rings. The minimum atomic E-state index is -0.486. The molecule has 0 radical (unpaired) electrons. The molecule has 0 aromatic heterocycles. The van der Waals surface area contributed by atoms with E-state index < -0.39 is 4.92 Å². The van der Waals surface area contributed by atoms with Crippen LogP contribution in [-0.2, 0) is 0 Å². The zero-order valence-electron chi connectivity index (χ0n) is 11.9. The van der Waals surface area contributed by atoms with Gasteiger partial charge in [0.05, 0.1) is 17.2 Å². The number of non-ortho nitro benzene ring substituents is 1. The Kier molecular flexibility index (Phi) is 3.50. The van der Waals surface area contributed by atoms with Gasteiger partial charge in [0.2, 0.25) is 0 Å². The predicted molar refractivity (Wildman–Crippen MR) is 81.3 cm³/mol. The maximum absolute atomic E-state index is 12.7. The first-order valence-electron chi connectivity index (χ1n) is 6.88. The molecular formula is C16H14N2O4. The molecule has 1 heterocycles. The number of carbonyl (C=O) groups is 1. The van der Waals surface area contributed by atoms with Crippen molar-refractivity contribution in [2.75, 3.05) is 11.4 Å². The molecule has 0 N–H and O–H groups in total. The molecule has 0 aliphatic carbocycles. The summed E-state index contributed by atoms with van der Waals surface area (Å²) < 4.78 is 5.72. The van der Waals surface area contributed by atoms with Gasteiger partial charge >= 0.3 is 0 Å². The Bertz CT molecular complexity index is 727. The number of nitrogens with zero attached hydrogens (tertiary/aromatic N) is 2. The van der Waals surface area contributed by atoms with Gasteiger partial charge in [0.25, 0.3) is 11.6 Å². The molecule has 0 fully saturated rings. The molecule has 0 bridgehead atoms. The molecule has 3 rings (SSSR count). The lowest BCUT2D eigenvalue weighted by Gasteiger charge is -2.33. The largest absolute Gasteiger partial charge is 0.487 e. The summed E-state index contributed by atoms with van der Waals surface area (Å²) in [5.74, 6) is 0.467. The molecule has 1 aliphatic heterocycles. The van der Waals surface area contributed by atoms with E-state index in [1.807, 2.05) is 31.2 Å². The van der Waals surface area contributed by atoms with Crippen molar-refractivity contribution in [1.82, 2.24) is 0 Å². The summed E-state index contributed by atoms with van der Waals surface area (Å²) in [6.07, 6.45) is -0.114. The molecule has 22 heavy (non-hydrogen) atoms. The minimum absolute atomic E-state index is 0.0349. The summed E-state index contributed by atoms with van der Waals surface area (Å²) in [5, 5.41) is 10.7. The fourth-order valence-electron chi connectivity index (χ4n) is 2.46. The Morgan fingerprint density at radius 1 is 1.23 bits per heavy atom. The standard InChI is InChI=1S/C16H14N2O4/c1-11-10-17(14-4-2-3-5-15(14)22-11)16(19)12-6-8-13(9-7-12)18(20)21/h2-9,11H,10H2,1H3/t11-/m0/s1. The molecule has 1 amide bonds. The summed E-state index contributed by atoms with van der Waals surface area (Å²) in [4.78, 5) is 24.5. The van der Waals surface area contributed by atoms with Crippen molar-refractivity contribution in [2.45, 2.75) is 13.0 Å². The van der Waals surface area contributed by atoms with Crippen molar-refractivity contribution < 1.29 is 14.5 Å². The van der Waals surface area contributed by atoms with Crippen LogP contribution in [0.1, 0.15) is 17.3 Å². The van der Waals surface area contributed by atoms with E-state index in [2.05, 4.69) is 0 Å². The summed E-state index contributed by atoms with van der Waals surface area (Å²) >= 11 is 0. The number of nitro benzene ring substituents is 1. The number of ether oxygens (including phenoxy) is 1. The van der Waals surface area contributed by atoms with Gasteiger partial charge in [0.1, 0.15) is 11.9 Å². The normalized spacial score (nSPS) is 16.6. The highest BCUT2D eigenvalue weighted by Crippen LogP contribution is 2.34. The SMILES string of the molecule is C[C@H]1CN(C(=O)c2ccc([N+](=O)[O-])cc2)c2ccccc2O1. The minimum Gasteiger partial charge on any atom is -0.487 e. The zero-order valence-corrected chi connectivity index (χ0v) is 11.9. The highest BCUT2D eigenvalue weighted by molar-refractivity contribution is 6.07. The van der Waals surface area contributed by atoms with Gasteiger partial charge in [-0.25, -0.2) is 0 Å². The molecule has 6 heteroatoms. The number of benzene rings is 2. The van der Waals surface area contributed by atoms with Crippen molar-refractivity contribution in [1.29, 1.82) is 0 Å². The maximum Gasteiger partial charge on any atom is 0.269 e. The van der Waals surface area contributed by atoms with E-state index in [4.69, 9.17) is 4.74 Å². The predicted octanol–water partition coefficient (Wildman–Crippen LogP) is 3.02. The smallest absolute Gasteiger partial charge is 0.269 e. The third-order valence-electron chi connectivity index (χ3n) is 3.49. The van der Waals surface area contributed by atoms with Crippen molar-refractivity contribution in [3.8, 4) is 5.75 Å². The summed E-state index contributed by atoms with van der Waals surface area (Å²) in [6, 6.07) is 13.0. The van der Waals surface area contributed by atoms with E-state index in [9.17, 15) is 14.9 Å². The molecular weight excluding hydrogens is 284 g/mol. The molecule has 0 saturated heterocycles. The Balaban J connectivity index is 1.93. The second-order valence-electron chi connectivity index (χ2n) is 5.12. The molecule has 1 aliphatic rings. The van der Waals surface area contributed by atoms with Crippen molar-refractivity contribution >= 4 is 17.3 Å². The van der Waals surface area contributed by atoms with Crippen LogP contribution in [-0.4, -0.2) is 23.5 Å². The monoisotopic (exact) mass is 298 g/mol. The van der Waals surface area contributed by atoms with Crippen molar-refractivity contribution in [3.05, 3.63) is 64.2 Å². The van der Waals surface area contributed by atoms with E-state index in [0.717, 1.165) is 0 Å². The Hall–Kier alpha value is -2.89. The van der Waals surface area contributed by atoms with E-state index >= 15 is 0 Å². The van der Waals surface area contributed by atoms with Crippen LogP contribution < -0.4 is 9.64 Å². The lowest BCUT2D eigenvalue weighted by atomic mass is 10.1. The van der Waals surface area contributed by atoms with Crippen LogP contribution in [0, 0.1) is 10.1 Å². The second-order valence-corrected chi connectivity index (χ2v) is 5.12. The summed E-state index contributed by atoms with van der Waals surface area (Å²) in [5.41, 5.74) is 1.09. The number of fused-ring (bicyclic) bond motifs is 1. The lowest BCUT2D eigenvalue weighted by molar-refractivity contribution is -0.384. The summed E-state index contributed by atoms with van der Waals surface area (Å²) in [6.45, 7) is 2.33. The first-order valence-corrected chi connectivity index (χ1v) is 6.88. The number of hydrogen-bond donors (Lipinski definition) is 0. The highest BCUT2D eigenvalue weighted by Gasteiger charge is 2.28. The molecule has 1 atom stereocenters. The topological polar surface area (TPSA) is 72.7 Å². The fraction of sp³-hybridized carbons (Fsp3) is 0.188. The lowest BCUT2D eigenvalue weighted by Crippen LogP contribution is -2.42. The Morgan fingerprint density at radius 2 is 1.91 bits per heavy atom. The fourth-order valence-corrected chi connectivity index (χ4v) is 2.46. The van der Waals surface area contributed by atoms with Crippen LogP contribution in [0.2, 0.25) is 0 Å². The average Bonchev–Trinajstić information content (AvgIpc) is 2.53. The average molecular weight is 298 g/mol. The van der Waals surface area contributed by atoms with Crippen LogP contribution in [0.4, 0.5) is 11.4 Å². The number of para-hydroxylation sites is 2. The molecule has 0 unspecified atom stereocenters. The quantitative estimate of drug-likeness (QED) is 0.631. The maximum atomic E-state index is 12.7. The van der Waals surface area contributed by atoms with Gasteiger partial charge in [-0.05, 0) is 31.2 Å². The third kappa shape index (κ3) is 2.50. The molecule has 112 valence electrons. The van der Waals surface area contributed by atoms with E-state index in [-0.39, 0.29) is 17.7 Å². The van der Waals surface area contributed by atoms with E-state index in [1.54, 1.807) is 4.90 Å². The number of nitro groups is 1. The third-order valence-corrected chi connectivity index (χ3v) is 3.49.